The number of aryl methyl sites for hydroxylation is 1. The van der Waals surface area contributed by atoms with Gasteiger partial charge in [0.25, 0.3) is 5.91 Å². The van der Waals surface area contributed by atoms with Crippen molar-refractivity contribution in [2.45, 2.75) is 12.8 Å². The number of rotatable bonds is 6. The Kier molecular flexibility index (Phi) is 4.38. The number of carbonyl (C=O) groups is 2. The minimum atomic E-state index is -1.16. The van der Waals surface area contributed by atoms with Crippen molar-refractivity contribution >= 4 is 11.9 Å². The predicted octanol–water partition coefficient (Wildman–Crippen LogP) is 0.260. The Hall–Kier alpha value is -2.77. The molecule has 2 aromatic rings. The number of carbonyl (C=O) groups excluding carboxylic acids is 1. The maximum atomic E-state index is 11.8. The van der Waals surface area contributed by atoms with Crippen molar-refractivity contribution in [2.24, 2.45) is 0 Å². The molecule has 0 aliphatic heterocycles. The van der Waals surface area contributed by atoms with Gasteiger partial charge in [-0.15, -0.1) is 0 Å². The molecule has 2 heterocycles. The summed E-state index contributed by atoms with van der Waals surface area (Å²) in [6.45, 7) is 0.443. The van der Waals surface area contributed by atoms with Gasteiger partial charge in [0.1, 0.15) is 23.5 Å². The Bertz CT molecular complexity index is 597. The molecule has 0 bridgehead atoms. The number of hydrogen-bond donors (Lipinski definition) is 3. The molecule has 104 valence electrons. The fourth-order valence-electron chi connectivity index (χ4n) is 1.58. The van der Waals surface area contributed by atoms with Gasteiger partial charge in [-0.3, -0.25) is 9.89 Å². The van der Waals surface area contributed by atoms with Crippen molar-refractivity contribution in [1.29, 1.82) is 0 Å². The minimum absolute atomic E-state index is 0.0876. The van der Waals surface area contributed by atoms with E-state index in [9.17, 15) is 9.59 Å². The van der Waals surface area contributed by atoms with Crippen molar-refractivity contribution in [3.8, 4) is 0 Å². The van der Waals surface area contributed by atoms with E-state index < -0.39 is 11.9 Å². The van der Waals surface area contributed by atoms with Gasteiger partial charge in [-0.25, -0.2) is 14.8 Å². The Morgan fingerprint density at radius 2 is 2.10 bits per heavy atom. The van der Waals surface area contributed by atoms with E-state index in [2.05, 4.69) is 25.5 Å². The number of H-pyrrole nitrogens is 1. The van der Waals surface area contributed by atoms with Crippen LogP contribution in [0.4, 0.5) is 0 Å². The zero-order valence-corrected chi connectivity index (χ0v) is 10.5. The van der Waals surface area contributed by atoms with Crippen molar-refractivity contribution in [3.05, 3.63) is 41.7 Å². The number of aromatic amines is 1. The summed E-state index contributed by atoms with van der Waals surface area (Å²) in [5, 5.41) is 17.9. The number of carboxylic acids is 1. The lowest BCUT2D eigenvalue weighted by atomic mass is 10.2. The van der Waals surface area contributed by atoms with E-state index in [0.29, 0.717) is 19.4 Å². The van der Waals surface area contributed by atoms with Crippen molar-refractivity contribution in [2.75, 3.05) is 6.54 Å². The second kappa shape index (κ2) is 6.41. The fraction of sp³-hybridized carbons (Fsp3) is 0.250. The van der Waals surface area contributed by atoms with Crippen LogP contribution in [0.1, 0.15) is 33.2 Å². The first-order valence-electron chi connectivity index (χ1n) is 5.99. The molecule has 2 rings (SSSR count). The number of nitrogens with one attached hydrogen (secondary N) is 2. The van der Waals surface area contributed by atoms with Gasteiger partial charge in [0.05, 0.1) is 0 Å². The lowest BCUT2D eigenvalue weighted by Crippen LogP contribution is -2.26. The summed E-state index contributed by atoms with van der Waals surface area (Å²) in [7, 11) is 0. The standard InChI is InChI=1S/C12H13N5O3/c18-11(8-3-1-4-9(16-8)12(19)20)13-6-2-5-10-14-7-15-17-10/h1,3-4,7H,2,5-6H2,(H,13,18)(H,19,20)(H,14,15,17). The number of aromatic carboxylic acids is 1. The number of hydrogen-bond acceptors (Lipinski definition) is 5. The average Bonchev–Trinajstić information content (AvgIpc) is 2.96. The van der Waals surface area contributed by atoms with Crippen molar-refractivity contribution < 1.29 is 14.7 Å². The lowest BCUT2D eigenvalue weighted by Gasteiger charge is -2.04. The number of carboxylic acid groups (broad SMARTS) is 1. The first kappa shape index (κ1) is 13.7. The van der Waals surface area contributed by atoms with Gasteiger partial charge in [0.15, 0.2) is 0 Å². The van der Waals surface area contributed by atoms with Crippen LogP contribution < -0.4 is 5.32 Å². The second-order valence-corrected chi connectivity index (χ2v) is 4.00. The molecule has 0 unspecified atom stereocenters. The molecule has 0 saturated heterocycles. The number of aromatic nitrogens is 4. The molecule has 0 aromatic carbocycles. The average molecular weight is 275 g/mol. The molecule has 0 aliphatic rings. The molecular formula is C12H13N5O3. The van der Waals surface area contributed by atoms with E-state index in [1.807, 2.05) is 0 Å². The number of nitrogens with zero attached hydrogens (tertiary/aromatic N) is 3. The van der Waals surface area contributed by atoms with Crippen LogP contribution in [0.25, 0.3) is 0 Å². The summed E-state index contributed by atoms with van der Waals surface area (Å²) in [4.78, 5) is 30.3. The van der Waals surface area contributed by atoms with Gasteiger partial charge in [-0.1, -0.05) is 6.07 Å². The molecule has 0 spiro atoms. The monoisotopic (exact) mass is 275 g/mol. The first-order valence-corrected chi connectivity index (χ1v) is 5.99. The molecule has 0 radical (unpaired) electrons. The summed E-state index contributed by atoms with van der Waals surface area (Å²) < 4.78 is 0. The van der Waals surface area contributed by atoms with Gasteiger partial charge in [-0.05, 0) is 18.6 Å². The molecule has 3 N–H and O–H groups in total. The summed E-state index contributed by atoms with van der Waals surface area (Å²) in [6, 6.07) is 4.29. The highest BCUT2D eigenvalue weighted by Gasteiger charge is 2.10. The molecule has 20 heavy (non-hydrogen) atoms. The zero-order chi connectivity index (χ0) is 14.4. The molecule has 2 aromatic heterocycles. The smallest absolute Gasteiger partial charge is 0.354 e. The molecule has 0 atom stereocenters. The van der Waals surface area contributed by atoms with Crippen LogP contribution in [0.5, 0.6) is 0 Å². The minimum Gasteiger partial charge on any atom is -0.477 e. The normalized spacial score (nSPS) is 10.2. The van der Waals surface area contributed by atoms with E-state index in [1.165, 1.54) is 24.5 Å². The fourth-order valence-corrected chi connectivity index (χ4v) is 1.58. The molecule has 8 nitrogen and oxygen atoms in total. The van der Waals surface area contributed by atoms with Gasteiger partial charge in [-0.2, -0.15) is 5.10 Å². The van der Waals surface area contributed by atoms with Crippen LogP contribution in [0.15, 0.2) is 24.5 Å². The topological polar surface area (TPSA) is 121 Å². The van der Waals surface area contributed by atoms with Crippen LogP contribution in [-0.4, -0.2) is 43.7 Å². The predicted molar refractivity (Wildman–Crippen MR) is 68.2 cm³/mol. The Morgan fingerprint density at radius 1 is 1.30 bits per heavy atom. The van der Waals surface area contributed by atoms with Crippen LogP contribution in [0.3, 0.4) is 0 Å². The van der Waals surface area contributed by atoms with E-state index in [4.69, 9.17) is 5.11 Å². The van der Waals surface area contributed by atoms with Crippen LogP contribution in [0, 0.1) is 0 Å². The third-order valence-electron chi connectivity index (χ3n) is 2.54. The molecular weight excluding hydrogens is 262 g/mol. The second-order valence-electron chi connectivity index (χ2n) is 4.00. The lowest BCUT2D eigenvalue weighted by molar-refractivity contribution is 0.0690. The highest BCUT2D eigenvalue weighted by molar-refractivity contribution is 5.94. The maximum absolute atomic E-state index is 11.8. The van der Waals surface area contributed by atoms with E-state index in [0.717, 1.165) is 5.82 Å². The largest absolute Gasteiger partial charge is 0.477 e. The summed E-state index contributed by atoms with van der Waals surface area (Å²) in [6.07, 6.45) is 2.79. The Labute approximate surface area is 114 Å². The van der Waals surface area contributed by atoms with Crippen LogP contribution in [-0.2, 0) is 6.42 Å². The molecule has 0 aliphatic carbocycles. The zero-order valence-electron chi connectivity index (χ0n) is 10.5. The van der Waals surface area contributed by atoms with E-state index in [1.54, 1.807) is 0 Å². The van der Waals surface area contributed by atoms with Crippen molar-refractivity contribution in [1.82, 2.24) is 25.5 Å². The third kappa shape index (κ3) is 3.61. The van der Waals surface area contributed by atoms with Crippen molar-refractivity contribution in [3.63, 3.8) is 0 Å². The maximum Gasteiger partial charge on any atom is 0.354 e. The molecule has 0 saturated carbocycles. The number of amides is 1. The quantitative estimate of drug-likeness (QED) is 0.650. The summed E-state index contributed by atoms with van der Waals surface area (Å²) in [5.74, 6) is -0.805. The number of pyridine rings is 1. The van der Waals surface area contributed by atoms with Gasteiger partial charge in [0, 0.05) is 13.0 Å². The summed E-state index contributed by atoms with van der Waals surface area (Å²) in [5.41, 5.74) is -0.0659. The van der Waals surface area contributed by atoms with Gasteiger partial charge >= 0.3 is 5.97 Å². The molecule has 1 amide bonds. The van der Waals surface area contributed by atoms with Crippen LogP contribution >= 0.6 is 0 Å². The van der Waals surface area contributed by atoms with E-state index >= 15 is 0 Å². The highest BCUT2D eigenvalue weighted by atomic mass is 16.4. The summed E-state index contributed by atoms with van der Waals surface area (Å²) >= 11 is 0. The Morgan fingerprint density at radius 3 is 2.80 bits per heavy atom. The Balaban J connectivity index is 1.82. The van der Waals surface area contributed by atoms with Crippen LogP contribution in [0.2, 0.25) is 0 Å². The SMILES string of the molecule is O=C(O)c1cccc(C(=O)NCCCc2ncn[nH]2)n1. The van der Waals surface area contributed by atoms with E-state index in [-0.39, 0.29) is 11.4 Å². The third-order valence-corrected chi connectivity index (χ3v) is 2.54. The van der Waals surface area contributed by atoms with Gasteiger partial charge in [0.2, 0.25) is 0 Å². The molecule has 0 fully saturated rings. The molecule has 8 heteroatoms. The highest BCUT2D eigenvalue weighted by Crippen LogP contribution is 2.00. The first-order chi connectivity index (χ1) is 9.66. The van der Waals surface area contributed by atoms with Gasteiger partial charge < -0.3 is 10.4 Å².